The topological polar surface area (TPSA) is 9.23 Å². The van der Waals surface area contributed by atoms with Gasteiger partial charge in [-0.2, -0.15) is 0 Å². The van der Waals surface area contributed by atoms with Gasteiger partial charge in [0.2, 0.25) is 0 Å². The molecule has 1 aromatic rings. The Labute approximate surface area is 186 Å². The van der Waals surface area contributed by atoms with E-state index in [1.54, 1.807) is 16.7 Å². The number of ether oxygens (including phenoxy) is 1. The summed E-state index contributed by atoms with van der Waals surface area (Å²) in [7, 11) is 0. The van der Waals surface area contributed by atoms with Crippen LogP contribution in [0.5, 0.6) is 0 Å². The van der Waals surface area contributed by atoms with Gasteiger partial charge >= 0.3 is 0 Å². The normalized spacial score (nSPS) is 31.2. The van der Waals surface area contributed by atoms with Crippen molar-refractivity contribution in [3.8, 4) is 0 Å². The smallest absolute Gasteiger partial charge is 0.0578 e. The molecule has 0 bridgehead atoms. The minimum Gasteiger partial charge on any atom is -0.378 e. The molecule has 168 valence electrons. The van der Waals surface area contributed by atoms with E-state index >= 15 is 0 Å². The molecule has 0 amide bonds. The summed E-state index contributed by atoms with van der Waals surface area (Å²) >= 11 is 0. The molecular formula is C29H46O. The van der Waals surface area contributed by atoms with Crippen LogP contribution in [-0.4, -0.2) is 12.7 Å². The van der Waals surface area contributed by atoms with Crippen LogP contribution in [0, 0.1) is 23.7 Å². The predicted octanol–water partition coefficient (Wildman–Crippen LogP) is 7.93. The zero-order chi connectivity index (χ0) is 20.8. The zero-order valence-electron chi connectivity index (χ0n) is 19.8. The van der Waals surface area contributed by atoms with Crippen LogP contribution < -0.4 is 0 Å². The van der Waals surface area contributed by atoms with Gasteiger partial charge in [0.1, 0.15) is 0 Å². The van der Waals surface area contributed by atoms with Crippen LogP contribution in [0.2, 0.25) is 0 Å². The first-order valence-corrected chi connectivity index (χ1v) is 13.5. The van der Waals surface area contributed by atoms with Gasteiger partial charge in [-0.1, -0.05) is 51.3 Å². The van der Waals surface area contributed by atoms with E-state index in [-0.39, 0.29) is 0 Å². The van der Waals surface area contributed by atoms with Crippen molar-refractivity contribution in [1.82, 2.24) is 0 Å². The molecule has 2 saturated carbocycles. The third-order valence-corrected chi connectivity index (χ3v) is 8.73. The molecule has 4 rings (SSSR count). The highest BCUT2D eigenvalue weighted by Gasteiger charge is 2.38. The van der Waals surface area contributed by atoms with E-state index in [0.717, 1.165) is 30.3 Å². The molecule has 3 aliphatic rings. The largest absolute Gasteiger partial charge is 0.378 e. The average Bonchev–Trinajstić information content (AvgIpc) is 2.78. The highest BCUT2D eigenvalue weighted by molar-refractivity contribution is 5.34. The molecule has 0 aromatic heterocycles. The summed E-state index contributed by atoms with van der Waals surface area (Å²) < 4.78 is 6.20. The molecule has 1 aromatic carbocycles. The summed E-state index contributed by atoms with van der Waals surface area (Å²) in [4.78, 5) is 0. The lowest BCUT2D eigenvalue weighted by Gasteiger charge is -2.45. The number of fused-ring (bicyclic) bond motifs is 2. The quantitative estimate of drug-likeness (QED) is 0.376. The number of aryl methyl sites for hydroxylation is 2. The van der Waals surface area contributed by atoms with Crippen molar-refractivity contribution in [3.05, 3.63) is 34.9 Å². The summed E-state index contributed by atoms with van der Waals surface area (Å²) in [6.07, 6.45) is 21.1. The molecule has 2 fully saturated rings. The number of hydrogen-bond acceptors (Lipinski definition) is 1. The molecule has 0 heterocycles. The van der Waals surface area contributed by atoms with Crippen molar-refractivity contribution >= 4 is 0 Å². The lowest BCUT2D eigenvalue weighted by Crippen LogP contribution is -2.37. The second-order valence-corrected chi connectivity index (χ2v) is 10.8. The standard InChI is InChI=1S/C29H46O/c1-3-5-7-8-22-9-10-24-19-25(12-11-23(24)18-22)26-13-14-28-21-29(30-17-6-4-2)16-15-27(28)20-26/h9-10,18,25-29H,3-8,11-17,19-21H2,1-2H3. The molecule has 5 unspecified atom stereocenters. The minimum absolute atomic E-state index is 0.572. The zero-order valence-corrected chi connectivity index (χ0v) is 19.8. The lowest BCUT2D eigenvalue weighted by molar-refractivity contribution is -0.0247. The van der Waals surface area contributed by atoms with Gasteiger partial charge < -0.3 is 4.74 Å². The second kappa shape index (κ2) is 11.2. The molecular weight excluding hydrogens is 364 g/mol. The first kappa shape index (κ1) is 22.4. The first-order valence-electron chi connectivity index (χ1n) is 13.5. The Morgan fingerprint density at radius 1 is 0.767 bits per heavy atom. The van der Waals surface area contributed by atoms with Gasteiger partial charge in [0.25, 0.3) is 0 Å². The lowest BCUT2D eigenvalue weighted by atomic mass is 9.62. The van der Waals surface area contributed by atoms with Crippen LogP contribution in [-0.2, 0) is 24.0 Å². The van der Waals surface area contributed by atoms with Crippen molar-refractivity contribution < 1.29 is 4.74 Å². The first-order chi connectivity index (χ1) is 14.8. The Morgan fingerprint density at radius 2 is 1.53 bits per heavy atom. The van der Waals surface area contributed by atoms with E-state index in [1.807, 2.05) is 0 Å². The van der Waals surface area contributed by atoms with Gasteiger partial charge in [0.05, 0.1) is 6.10 Å². The minimum atomic E-state index is 0.572. The molecule has 5 atom stereocenters. The van der Waals surface area contributed by atoms with E-state index < -0.39 is 0 Å². The summed E-state index contributed by atoms with van der Waals surface area (Å²) in [6.45, 7) is 5.55. The highest BCUT2D eigenvalue weighted by Crippen LogP contribution is 2.47. The monoisotopic (exact) mass is 410 g/mol. The van der Waals surface area contributed by atoms with Gasteiger partial charge in [-0.25, -0.2) is 0 Å². The van der Waals surface area contributed by atoms with Crippen LogP contribution in [0.15, 0.2) is 18.2 Å². The van der Waals surface area contributed by atoms with Crippen molar-refractivity contribution in [1.29, 1.82) is 0 Å². The number of unbranched alkanes of at least 4 members (excludes halogenated alkanes) is 3. The Morgan fingerprint density at radius 3 is 2.37 bits per heavy atom. The molecule has 1 heteroatoms. The number of benzene rings is 1. The fourth-order valence-electron chi connectivity index (χ4n) is 6.83. The van der Waals surface area contributed by atoms with Gasteiger partial charge in [-0.3, -0.25) is 0 Å². The van der Waals surface area contributed by atoms with E-state index in [4.69, 9.17) is 4.74 Å². The third-order valence-electron chi connectivity index (χ3n) is 8.73. The fourth-order valence-corrected chi connectivity index (χ4v) is 6.83. The molecule has 1 nitrogen and oxygen atoms in total. The van der Waals surface area contributed by atoms with E-state index in [0.29, 0.717) is 6.10 Å². The highest BCUT2D eigenvalue weighted by atomic mass is 16.5. The SMILES string of the molecule is CCCCCc1ccc2c(c1)CCC(C1CCC3CC(OCCCC)CCC3C1)C2. The van der Waals surface area contributed by atoms with Gasteiger partial charge in [-0.15, -0.1) is 0 Å². The Balaban J connectivity index is 1.27. The van der Waals surface area contributed by atoms with Crippen molar-refractivity contribution in [3.63, 3.8) is 0 Å². The van der Waals surface area contributed by atoms with Gasteiger partial charge in [0.15, 0.2) is 0 Å². The third kappa shape index (κ3) is 5.70. The maximum atomic E-state index is 6.20. The van der Waals surface area contributed by atoms with Crippen LogP contribution in [0.4, 0.5) is 0 Å². The second-order valence-electron chi connectivity index (χ2n) is 10.8. The molecule has 0 saturated heterocycles. The van der Waals surface area contributed by atoms with Gasteiger partial charge in [0, 0.05) is 6.61 Å². The average molecular weight is 411 g/mol. The summed E-state index contributed by atoms with van der Waals surface area (Å²) in [5.74, 6) is 3.89. The molecule has 0 N–H and O–H groups in total. The Hall–Kier alpha value is -0.820. The molecule has 3 aliphatic carbocycles. The summed E-state index contributed by atoms with van der Waals surface area (Å²) in [6, 6.07) is 7.48. The molecule has 0 aliphatic heterocycles. The number of hydrogen-bond donors (Lipinski definition) is 0. The Bertz CT molecular complexity index is 650. The van der Waals surface area contributed by atoms with E-state index in [9.17, 15) is 0 Å². The Kier molecular flexibility index (Phi) is 8.33. The van der Waals surface area contributed by atoms with Crippen molar-refractivity contribution in [2.75, 3.05) is 6.61 Å². The van der Waals surface area contributed by atoms with Crippen molar-refractivity contribution in [2.24, 2.45) is 23.7 Å². The fraction of sp³-hybridized carbons (Fsp3) is 0.793. The number of rotatable bonds is 9. The van der Waals surface area contributed by atoms with Crippen LogP contribution in [0.25, 0.3) is 0 Å². The maximum Gasteiger partial charge on any atom is 0.0578 e. The van der Waals surface area contributed by atoms with E-state index in [2.05, 4.69) is 32.0 Å². The van der Waals surface area contributed by atoms with Crippen molar-refractivity contribution in [2.45, 2.75) is 116 Å². The van der Waals surface area contributed by atoms with E-state index in [1.165, 1.54) is 96.3 Å². The van der Waals surface area contributed by atoms with Crippen LogP contribution >= 0.6 is 0 Å². The molecule has 0 spiro atoms. The summed E-state index contributed by atoms with van der Waals surface area (Å²) in [5.41, 5.74) is 4.94. The molecule has 30 heavy (non-hydrogen) atoms. The van der Waals surface area contributed by atoms with Crippen LogP contribution in [0.1, 0.15) is 108 Å². The molecule has 0 radical (unpaired) electrons. The van der Waals surface area contributed by atoms with Crippen LogP contribution in [0.3, 0.4) is 0 Å². The van der Waals surface area contributed by atoms with Gasteiger partial charge in [-0.05, 0) is 117 Å². The maximum absolute atomic E-state index is 6.20. The predicted molar refractivity (Wildman–Crippen MR) is 128 cm³/mol. The summed E-state index contributed by atoms with van der Waals surface area (Å²) in [5, 5.41) is 0.